The van der Waals surface area contributed by atoms with E-state index in [0.717, 1.165) is 0 Å². The number of fused-ring (bicyclic) bond motifs is 1. The minimum atomic E-state index is -1.40. The molecule has 0 aliphatic carbocycles. The first-order chi connectivity index (χ1) is 6.88. The summed E-state index contributed by atoms with van der Waals surface area (Å²) in [6.07, 6.45) is -1.81. The second-order valence-electron chi connectivity index (χ2n) is 4.42. The van der Waals surface area contributed by atoms with Crippen LogP contribution in [0.1, 0.15) is 20.3 Å². The van der Waals surface area contributed by atoms with E-state index < -0.39 is 30.0 Å². The normalized spacial score (nSPS) is 48.2. The van der Waals surface area contributed by atoms with Crippen LogP contribution in [0.5, 0.6) is 0 Å². The first kappa shape index (κ1) is 11.3. The van der Waals surface area contributed by atoms with Crippen molar-refractivity contribution in [3.05, 3.63) is 0 Å². The molecular formula is C9H17NO5. The van der Waals surface area contributed by atoms with Crippen LogP contribution in [0.4, 0.5) is 0 Å². The molecule has 2 aliphatic heterocycles. The van der Waals surface area contributed by atoms with Crippen LogP contribution in [0.3, 0.4) is 0 Å². The van der Waals surface area contributed by atoms with Gasteiger partial charge in [-0.2, -0.15) is 0 Å². The summed E-state index contributed by atoms with van der Waals surface area (Å²) in [5.74, 6) is -2.26. The molecule has 0 unspecified atom stereocenters. The highest BCUT2D eigenvalue weighted by atomic mass is 16.9. The molecule has 0 spiro atoms. The fraction of sp³-hybridized carbons (Fsp3) is 1.00. The summed E-state index contributed by atoms with van der Waals surface area (Å²) in [5, 5.41) is 18.6. The molecular weight excluding hydrogens is 202 g/mol. The molecule has 0 amide bonds. The van der Waals surface area contributed by atoms with Gasteiger partial charge in [-0.05, 0) is 20.3 Å². The van der Waals surface area contributed by atoms with Crippen molar-refractivity contribution in [2.75, 3.05) is 6.61 Å². The Kier molecular flexibility index (Phi) is 2.53. The van der Waals surface area contributed by atoms with Crippen molar-refractivity contribution in [3.8, 4) is 0 Å². The molecule has 88 valence electrons. The molecule has 2 rings (SSSR count). The van der Waals surface area contributed by atoms with Gasteiger partial charge in [-0.1, -0.05) is 0 Å². The van der Waals surface area contributed by atoms with Crippen LogP contribution in [0, 0.1) is 0 Å². The Hall–Kier alpha value is -0.240. The molecule has 4 N–H and O–H groups in total. The topological polar surface area (TPSA) is 94.2 Å². The van der Waals surface area contributed by atoms with Crippen LogP contribution < -0.4 is 5.73 Å². The lowest BCUT2D eigenvalue weighted by molar-refractivity contribution is -0.261. The van der Waals surface area contributed by atoms with Crippen LogP contribution in [-0.4, -0.2) is 46.8 Å². The van der Waals surface area contributed by atoms with Crippen LogP contribution in [-0.2, 0) is 14.2 Å². The standard InChI is InChI=1S/C9H17NO5/c1-8(2)14-7-6(12)5(3-4-11)13-9(7,10)15-8/h5-7,11-12H,3-4,10H2,1-2H3/t5-,6+,7-,9+/m1/s1. The molecule has 2 fully saturated rings. The Balaban J connectivity index is 2.13. The van der Waals surface area contributed by atoms with Gasteiger partial charge in [0, 0.05) is 6.61 Å². The van der Waals surface area contributed by atoms with E-state index in [1.807, 2.05) is 0 Å². The summed E-state index contributed by atoms with van der Waals surface area (Å²) in [6, 6.07) is 0. The van der Waals surface area contributed by atoms with Crippen molar-refractivity contribution in [2.24, 2.45) is 5.73 Å². The molecule has 0 bridgehead atoms. The highest BCUT2D eigenvalue weighted by molar-refractivity contribution is 4.99. The third kappa shape index (κ3) is 1.77. The quantitative estimate of drug-likeness (QED) is 0.545. The predicted molar refractivity (Wildman–Crippen MR) is 49.5 cm³/mol. The third-order valence-electron chi connectivity index (χ3n) is 2.65. The first-order valence-corrected chi connectivity index (χ1v) is 5.01. The average molecular weight is 219 g/mol. The van der Waals surface area contributed by atoms with Gasteiger partial charge >= 0.3 is 0 Å². The number of aliphatic hydroxyl groups is 2. The van der Waals surface area contributed by atoms with Crippen molar-refractivity contribution in [1.82, 2.24) is 0 Å². The molecule has 2 saturated heterocycles. The van der Waals surface area contributed by atoms with E-state index in [4.69, 9.17) is 25.1 Å². The van der Waals surface area contributed by atoms with Gasteiger partial charge in [0.1, 0.15) is 6.10 Å². The van der Waals surface area contributed by atoms with Gasteiger partial charge < -0.3 is 24.4 Å². The maximum atomic E-state index is 9.87. The Bertz CT molecular complexity index is 259. The molecule has 15 heavy (non-hydrogen) atoms. The Labute approximate surface area is 87.9 Å². The van der Waals surface area contributed by atoms with Crippen molar-refractivity contribution in [2.45, 2.75) is 50.3 Å². The van der Waals surface area contributed by atoms with Gasteiger partial charge in [-0.3, -0.25) is 5.73 Å². The molecule has 6 nitrogen and oxygen atoms in total. The van der Waals surface area contributed by atoms with Crippen molar-refractivity contribution >= 4 is 0 Å². The highest BCUT2D eigenvalue weighted by Crippen LogP contribution is 2.42. The summed E-state index contributed by atoms with van der Waals surface area (Å²) < 4.78 is 16.2. The minimum absolute atomic E-state index is 0.0755. The highest BCUT2D eigenvalue weighted by Gasteiger charge is 2.62. The zero-order valence-corrected chi connectivity index (χ0v) is 8.84. The molecule has 6 heteroatoms. The van der Waals surface area contributed by atoms with Gasteiger partial charge in [-0.25, -0.2) is 0 Å². The second kappa shape index (κ2) is 3.38. The van der Waals surface area contributed by atoms with E-state index in [2.05, 4.69) is 0 Å². The van der Waals surface area contributed by atoms with E-state index in [1.165, 1.54) is 0 Å². The lowest BCUT2D eigenvalue weighted by Crippen LogP contribution is -2.49. The number of nitrogens with two attached hydrogens (primary N) is 1. The molecule has 4 atom stereocenters. The Morgan fingerprint density at radius 2 is 2.00 bits per heavy atom. The number of hydrogen-bond acceptors (Lipinski definition) is 6. The first-order valence-electron chi connectivity index (χ1n) is 5.01. The summed E-state index contributed by atoms with van der Waals surface area (Å²) in [4.78, 5) is 0. The third-order valence-corrected chi connectivity index (χ3v) is 2.65. The van der Waals surface area contributed by atoms with Crippen LogP contribution in [0.2, 0.25) is 0 Å². The molecule has 0 radical (unpaired) electrons. The number of ether oxygens (including phenoxy) is 3. The van der Waals surface area contributed by atoms with Crippen molar-refractivity contribution in [1.29, 1.82) is 0 Å². The summed E-state index contributed by atoms with van der Waals surface area (Å²) in [6.45, 7) is 3.34. The lowest BCUT2D eigenvalue weighted by atomic mass is 10.1. The average Bonchev–Trinajstić information content (AvgIpc) is 2.44. The molecule has 2 heterocycles. The van der Waals surface area contributed by atoms with E-state index in [1.54, 1.807) is 13.8 Å². The van der Waals surface area contributed by atoms with E-state index in [9.17, 15) is 5.11 Å². The van der Waals surface area contributed by atoms with Crippen LogP contribution in [0.25, 0.3) is 0 Å². The van der Waals surface area contributed by atoms with Crippen LogP contribution in [0.15, 0.2) is 0 Å². The number of hydrogen-bond donors (Lipinski definition) is 3. The summed E-state index contributed by atoms with van der Waals surface area (Å²) in [5.41, 5.74) is 5.84. The zero-order chi connectivity index (χ0) is 11.3. The molecule has 0 aromatic rings. The van der Waals surface area contributed by atoms with Gasteiger partial charge in [0.15, 0.2) is 11.9 Å². The Morgan fingerprint density at radius 1 is 1.33 bits per heavy atom. The predicted octanol–water partition coefficient (Wildman–Crippen LogP) is -1.11. The maximum Gasteiger partial charge on any atom is 0.258 e. The summed E-state index contributed by atoms with van der Waals surface area (Å²) in [7, 11) is 0. The van der Waals surface area contributed by atoms with Gasteiger partial charge in [0.05, 0.1) is 6.10 Å². The minimum Gasteiger partial charge on any atom is -0.396 e. The van der Waals surface area contributed by atoms with Gasteiger partial charge in [-0.15, -0.1) is 0 Å². The van der Waals surface area contributed by atoms with Crippen molar-refractivity contribution < 1.29 is 24.4 Å². The van der Waals surface area contributed by atoms with Gasteiger partial charge in [0.2, 0.25) is 0 Å². The molecule has 0 saturated carbocycles. The van der Waals surface area contributed by atoms with E-state index in [0.29, 0.717) is 6.42 Å². The number of aliphatic hydroxyl groups excluding tert-OH is 2. The number of rotatable bonds is 2. The van der Waals surface area contributed by atoms with Gasteiger partial charge in [0.25, 0.3) is 5.91 Å². The summed E-state index contributed by atoms with van der Waals surface area (Å²) >= 11 is 0. The lowest BCUT2D eigenvalue weighted by Gasteiger charge is -2.24. The zero-order valence-electron chi connectivity index (χ0n) is 8.84. The fourth-order valence-electron chi connectivity index (χ4n) is 2.11. The Morgan fingerprint density at radius 3 is 2.53 bits per heavy atom. The van der Waals surface area contributed by atoms with Crippen molar-refractivity contribution in [3.63, 3.8) is 0 Å². The van der Waals surface area contributed by atoms with E-state index in [-0.39, 0.29) is 6.61 Å². The maximum absolute atomic E-state index is 9.87. The molecule has 0 aromatic heterocycles. The monoisotopic (exact) mass is 219 g/mol. The fourth-order valence-corrected chi connectivity index (χ4v) is 2.11. The smallest absolute Gasteiger partial charge is 0.258 e. The SMILES string of the molecule is CC1(C)O[C@@H]2[C@@H](O)[C@@H](CCO)O[C@]2(N)O1. The second-order valence-corrected chi connectivity index (χ2v) is 4.42. The van der Waals surface area contributed by atoms with E-state index >= 15 is 0 Å². The largest absolute Gasteiger partial charge is 0.396 e. The molecule has 0 aromatic carbocycles. The molecule has 2 aliphatic rings. The van der Waals surface area contributed by atoms with Crippen LogP contribution >= 0.6 is 0 Å².